The number of nitrogens with two attached hydrogens (primary N) is 1. The molecule has 0 fully saturated rings. The lowest BCUT2D eigenvalue weighted by Gasteiger charge is -2.18. The molecule has 102 valence electrons. The standard InChI is InChI=1S/C13H18N4O2/c1-5-19-11-8(7-14)9(15)6-10(16-11)17-12(18)13(2,3)4/h6H,5H2,1-4H3,(H3,15,16,17,18). The fourth-order valence-corrected chi connectivity index (χ4v) is 1.26. The van der Waals surface area contributed by atoms with Crippen LogP contribution in [-0.4, -0.2) is 17.5 Å². The summed E-state index contributed by atoms with van der Waals surface area (Å²) in [5.41, 5.74) is 5.61. The summed E-state index contributed by atoms with van der Waals surface area (Å²) in [7, 11) is 0. The summed E-state index contributed by atoms with van der Waals surface area (Å²) in [6.07, 6.45) is 0. The Hall–Kier alpha value is -2.29. The Morgan fingerprint density at radius 2 is 2.21 bits per heavy atom. The van der Waals surface area contributed by atoms with Crippen molar-refractivity contribution in [3.8, 4) is 11.9 Å². The summed E-state index contributed by atoms with van der Waals surface area (Å²) >= 11 is 0. The summed E-state index contributed by atoms with van der Waals surface area (Å²) < 4.78 is 5.25. The molecule has 0 saturated heterocycles. The van der Waals surface area contributed by atoms with Crippen molar-refractivity contribution in [3.63, 3.8) is 0 Å². The van der Waals surface area contributed by atoms with Crippen LogP contribution in [0.1, 0.15) is 33.3 Å². The first-order chi connectivity index (χ1) is 8.79. The monoisotopic (exact) mass is 262 g/mol. The van der Waals surface area contributed by atoms with Crippen molar-refractivity contribution >= 4 is 17.4 Å². The van der Waals surface area contributed by atoms with Gasteiger partial charge in [-0.2, -0.15) is 10.2 Å². The van der Waals surface area contributed by atoms with Crippen LogP contribution < -0.4 is 15.8 Å². The van der Waals surface area contributed by atoms with E-state index < -0.39 is 5.41 Å². The van der Waals surface area contributed by atoms with Gasteiger partial charge in [0.25, 0.3) is 0 Å². The number of rotatable bonds is 3. The number of carbonyl (C=O) groups is 1. The topological polar surface area (TPSA) is 101 Å². The summed E-state index contributed by atoms with van der Waals surface area (Å²) in [5.74, 6) is 0.223. The lowest BCUT2D eigenvalue weighted by Crippen LogP contribution is -2.28. The van der Waals surface area contributed by atoms with Crippen LogP contribution in [0.15, 0.2) is 6.07 Å². The molecule has 6 heteroatoms. The van der Waals surface area contributed by atoms with Gasteiger partial charge in [0.1, 0.15) is 17.5 Å². The fourth-order valence-electron chi connectivity index (χ4n) is 1.26. The predicted molar refractivity (Wildman–Crippen MR) is 72.6 cm³/mol. The maximum atomic E-state index is 11.9. The van der Waals surface area contributed by atoms with Gasteiger partial charge in [0.15, 0.2) is 0 Å². The van der Waals surface area contributed by atoms with Crippen molar-refractivity contribution in [2.75, 3.05) is 17.7 Å². The summed E-state index contributed by atoms with van der Waals surface area (Å²) in [5, 5.41) is 11.6. The third-order valence-corrected chi connectivity index (χ3v) is 2.33. The van der Waals surface area contributed by atoms with Gasteiger partial charge in [0, 0.05) is 11.5 Å². The SMILES string of the molecule is CCOc1nc(NC(=O)C(C)(C)C)cc(N)c1C#N. The van der Waals surface area contributed by atoms with Gasteiger partial charge in [-0.05, 0) is 6.92 Å². The molecule has 19 heavy (non-hydrogen) atoms. The quantitative estimate of drug-likeness (QED) is 0.866. The molecule has 0 aromatic carbocycles. The summed E-state index contributed by atoms with van der Waals surface area (Å²) in [4.78, 5) is 16.0. The van der Waals surface area contributed by atoms with Crippen LogP contribution in [0.3, 0.4) is 0 Å². The van der Waals surface area contributed by atoms with E-state index in [4.69, 9.17) is 15.7 Å². The second-order valence-electron chi connectivity index (χ2n) is 5.03. The molecule has 1 aromatic rings. The molecule has 1 aromatic heterocycles. The Morgan fingerprint density at radius 1 is 1.58 bits per heavy atom. The number of carbonyl (C=O) groups excluding carboxylic acids is 1. The minimum absolute atomic E-state index is 0.134. The highest BCUT2D eigenvalue weighted by molar-refractivity contribution is 5.94. The van der Waals surface area contributed by atoms with Crippen LogP contribution >= 0.6 is 0 Å². The van der Waals surface area contributed by atoms with Gasteiger partial charge >= 0.3 is 0 Å². The largest absolute Gasteiger partial charge is 0.477 e. The normalized spacial score (nSPS) is 10.7. The average Bonchev–Trinajstić information content (AvgIpc) is 2.27. The molecule has 0 aliphatic rings. The Labute approximate surface area is 112 Å². The molecule has 1 rings (SSSR count). The van der Waals surface area contributed by atoms with Crippen molar-refractivity contribution in [2.45, 2.75) is 27.7 Å². The summed E-state index contributed by atoms with van der Waals surface area (Å²) in [6, 6.07) is 3.38. The molecule has 3 N–H and O–H groups in total. The first-order valence-corrected chi connectivity index (χ1v) is 5.94. The maximum absolute atomic E-state index is 11.9. The number of nitriles is 1. The fraction of sp³-hybridized carbons (Fsp3) is 0.462. The molecule has 0 aliphatic carbocycles. The number of hydrogen-bond acceptors (Lipinski definition) is 5. The highest BCUT2D eigenvalue weighted by Gasteiger charge is 2.22. The van der Waals surface area contributed by atoms with Crippen LogP contribution in [0, 0.1) is 16.7 Å². The number of anilines is 2. The number of nitrogens with zero attached hydrogens (tertiary/aromatic N) is 2. The van der Waals surface area contributed by atoms with E-state index in [1.807, 2.05) is 6.07 Å². The highest BCUT2D eigenvalue weighted by Crippen LogP contribution is 2.26. The van der Waals surface area contributed by atoms with Crippen molar-refractivity contribution in [3.05, 3.63) is 11.6 Å². The van der Waals surface area contributed by atoms with Crippen molar-refractivity contribution < 1.29 is 9.53 Å². The predicted octanol–water partition coefficient (Wildman–Crippen LogP) is 1.92. The number of amides is 1. The van der Waals surface area contributed by atoms with E-state index >= 15 is 0 Å². The maximum Gasteiger partial charge on any atom is 0.235 e. The smallest absolute Gasteiger partial charge is 0.235 e. The first-order valence-electron chi connectivity index (χ1n) is 5.94. The second-order valence-corrected chi connectivity index (χ2v) is 5.03. The Kier molecular flexibility index (Phi) is 4.33. The number of ether oxygens (including phenoxy) is 1. The minimum atomic E-state index is -0.546. The van der Waals surface area contributed by atoms with E-state index in [0.29, 0.717) is 6.61 Å². The molecule has 0 atom stereocenters. The minimum Gasteiger partial charge on any atom is -0.477 e. The molecule has 1 amide bonds. The van der Waals surface area contributed by atoms with Gasteiger partial charge in [-0.25, -0.2) is 0 Å². The van der Waals surface area contributed by atoms with Gasteiger partial charge in [-0.15, -0.1) is 0 Å². The molecule has 0 aliphatic heterocycles. The number of pyridine rings is 1. The van der Waals surface area contributed by atoms with Gasteiger partial charge in [-0.1, -0.05) is 20.8 Å². The van der Waals surface area contributed by atoms with Crippen LogP contribution in [0.5, 0.6) is 5.88 Å². The van der Waals surface area contributed by atoms with E-state index in [-0.39, 0.29) is 28.9 Å². The molecule has 0 spiro atoms. The third-order valence-electron chi connectivity index (χ3n) is 2.33. The van der Waals surface area contributed by atoms with E-state index in [1.165, 1.54) is 6.07 Å². The van der Waals surface area contributed by atoms with E-state index in [1.54, 1.807) is 27.7 Å². The zero-order valence-corrected chi connectivity index (χ0v) is 11.6. The van der Waals surface area contributed by atoms with Crippen LogP contribution in [0.4, 0.5) is 11.5 Å². The second kappa shape index (κ2) is 5.57. The van der Waals surface area contributed by atoms with Crippen LogP contribution in [0.25, 0.3) is 0 Å². The molecule has 6 nitrogen and oxygen atoms in total. The molecule has 0 unspecified atom stereocenters. The van der Waals surface area contributed by atoms with Crippen LogP contribution in [0.2, 0.25) is 0 Å². The Bertz CT molecular complexity index is 527. The number of nitrogens with one attached hydrogen (secondary N) is 1. The van der Waals surface area contributed by atoms with Gasteiger partial charge in [0.2, 0.25) is 11.8 Å². The van der Waals surface area contributed by atoms with Crippen molar-refractivity contribution in [1.29, 1.82) is 5.26 Å². The van der Waals surface area contributed by atoms with Gasteiger partial charge < -0.3 is 15.8 Å². The summed E-state index contributed by atoms with van der Waals surface area (Å²) in [6.45, 7) is 7.51. The van der Waals surface area contributed by atoms with Crippen molar-refractivity contribution in [2.24, 2.45) is 5.41 Å². The highest BCUT2D eigenvalue weighted by atomic mass is 16.5. The van der Waals surface area contributed by atoms with Gasteiger partial charge in [0.05, 0.1) is 12.3 Å². The zero-order chi connectivity index (χ0) is 14.6. The van der Waals surface area contributed by atoms with Crippen molar-refractivity contribution in [1.82, 2.24) is 4.98 Å². The molecule has 0 radical (unpaired) electrons. The molecule has 1 heterocycles. The Morgan fingerprint density at radius 3 is 2.68 bits per heavy atom. The molecular weight excluding hydrogens is 244 g/mol. The van der Waals surface area contributed by atoms with E-state index in [0.717, 1.165) is 0 Å². The first kappa shape index (κ1) is 14.8. The Balaban J connectivity index is 3.11. The number of aromatic nitrogens is 1. The third kappa shape index (κ3) is 3.58. The number of nitrogen functional groups attached to an aromatic ring is 1. The lowest BCUT2D eigenvalue weighted by molar-refractivity contribution is -0.123. The molecule has 0 bridgehead atoms. The van der Waals surface area contributed by atoms with Gasteiger partial charge in [-0.3, -0.25) is 4.79 Å². The van der Waals surface area contributed by atoms with E-state index in [2.05, 4.69) is 10.3 Å². The average molecular weight is 262 g/mol. The molecular formula is C13H18N4O2. The van der Waals surface area contributed by atoms with E-state index in [9.17, 15) is 4.79 Å². The zero-order valence-electron chi connectivity index (χ0n) is 11.6. The lowest BCUT2D eigenvalue weighted by atomic mass is 9.96. The number of hydrogen-bond donors (Lipinski definition) is 2. The van der Waals surface area contributed by atoms with Crippen LogP contribution in [-0.2, 0) is 4.79 Å². The molecule has 0 saturated carbocycles.